The van der Waals surface area contributed by atoms with E-state index in [0.29, 0.717) is 17.8 Å². The lowest BCUT2D eigenvalue weighted by atomic mass is 10.3. The first-order valence-corrected chi connectivity index (χ1v) is 8.08. The zero-order valence-corrected chi connectivity index (χ0v) is 11.9. The minimum atomic E-state index is -3.71. The Morgan fingerprint density at radius 1 is 1.53 bits per heavy atom. The van der Waals surface area contributed by atoms with E-state index in [-0.39, 0.29) is 11.7 Å². The normalized spacial score (nSPS) is 20.5. The van der Waals surface area contributed by atoms with Crippen molar-refractivity contribution in [3.63, 3.8) is 0 Å². The molecule has 0 aliphatic carbocycles. The molecule has 17 heavy (non-hydrogen) atoms. The highest BCUT2D eigenvalue weighted by Gasteiger charge is 2.30. The fraction of sp³-hybridized carbons (Fsp3) is 0.444. The van der Waals surface area contributed by atoms with E-state index in [1.807, 2.05) is 0 Å². The molecule has 2 heterocycles. The Morgan fingerprint density at radius 3 is 2.82 bits per heavy atom. The molecule has 1 aliphatic heterocycles. The largest absolute Gasteiger partial charge is 0.354 e. The molecular weight excluding hydrogens is 330 g/mol. The monoisotopic (exact) mass is 339 g/mol. The van der Waals surface area contributed by atoms with Crippen LogP contribution in [-0.2, 0) is 24.8 Å². The summed E-state index contributed by atoms with van der Waals surface area (Å²) in [5.41, 5.74) is 0. The summed E-state index contributed by atoms with van der Waals surface area (Å²) in [7, 11) is -3.71. The summed E-state index contributed by atoms with van der Waals surface area (Å²) < 4.78 is 29.1. The molecule has 1 saturated heterocycles. The van der Waals surface area contributed by atoms with E-state index in [0.717, 1.165) is 3.79 Å². The van der Waals surface area contributed by atoms with Gasteiger partial charge in [0, 0.05) is 17.8 Å². The van der Waals surface area contributed by atoms with E-state index in [9.17, 15) is 13.2 Å². The van der Waals surface area contributed by atoms with Gasteiger partial charge in [0.1, 0.15) is 5.75 Å². The molecule has 1 fully saturated rings. The van der Waals surface area contributed by atoms with Gasteiger partial charge in [-0.3, -0.25) is 8.98 Å². The summed E-state index contributed by atoms with van der Waals surface area (Å²) in [6, 6.07) is 3.49. The minimum absolute atomic E-state index is 0.201. The molecule has 1 aromatic heterocycles. The number of nitrogens with one attached hydrogen (secondary N) is 1. The molecule has 94 valence electrons. The average Bonchev–Trinajstić information content (AvgIpc) is 2.76. The van der Waals surface area contributed by atoms with Crippen LogP contribution in [0.2, 0.25) is 0 Å². The predicted molar refractivity (Wildman–Crippen MR) is 67.1 cm³/mol. The maximum atomic E-state index is 11.7. The highest BCUT2D eigenvalue weighted by atomic mass is 79.9. The summed E-state index contributed by atoms with van der Waals surface area (Å²) in [6.07, 6.45) is -0.477. The van der Waals surface area contributed by atoms with Crippen molar-refractivity contribution in [2.45, 2.75) is 18.3 Å². The number of amides is 1. The summed E-state index contributed by atoms with van der Waals surface area (Å²) in [6.45, 7) is 0.462. The predicted octanol–water partition coefficient (Wildman–Crippen LogP) is 1.25. The van der Waals surface area contributed by atoms with Gasteiger partial charge in [0.15, 0.2) is 6.10 Å². The van der Waals surface area contributed by atoms with Crippen molar-refractivity contribution in [2.24, 2.45) is 0 Å². The van der Waals surface area contributed by atoms with E-state index in [1.54, 1.807) is 12.1 Å². The van der Waals surface area contributed by atoms with Crippen LogP contribution in [0.15, 0.2) is 15.9 Å². The van der Waals surface area contributed by atoms with Crippen molar-refractivity contribution in [2.75, 3.05) is 6.54 Å². The number of halogens is 1. The second-order valence-electron chi connectivity index (χ2n) is 3.57. The van der Waals surface area contributed by atoms with Crippen LogP contribution in [0.1, 0.15) is 11.3 Å². The maximum absolute atomic E-state index is 11.7. The second-order valence-corrected chi connectivity index (χ2v) is 7.72. The number of hydrogen-bond acceptors (Lipinski definition) is 5. The fourth-order valence-corrected chi connectivity index (χ4v) is 4.48. The molecule has 2 rings (SSSR count). The molecule has 0 spiro atoms. The van der Waals surface area contributed by atoms with Crippen LogP contribution in [0.5, 0.6) is 0 Å². The van der Waals surface area contributed by atoms with Gasteiger partial charge < -0.3 is 5.32 Å². The molecule has 0 aromatic carbocycles. The molecule has 1 amide bonds. The average molecular weight is 340 g/mol. The van der Waals surface area contributed by atoms with Gasteiger partial charge in [-0.15, -0.1) is 11.3 Å². The van der Waals surface area contributed by atoms with Crippen molar-refractivity contribution in [3.05, 3.63) is 20.8 Å². The van der Waals surface area contributed by atoms with Crippen LogP contribution < -0.4 is 5.32 Å². The van der Waals surface area contributed by atoms with Crippen LogP contribution in [0.4, 0.5) is 0 Å². The minimum Gasteiger partial charge on any atom is -0.354 e. The van der Waals surface area contributed by atoms with Crippen LogP contribution in [-0.4, -0.2) is 27.0 Å². The first-order valence-electron chi connectivity index (χ1n) is 4.89. The van der Waals surface area contributed by atoms with Gasteiger partial charge in [-0.1, -0.05) is 0 Å². The topological polar surface area (TPSA) is 72.5 Å². The molecule has 1 aromatic rings. The van der Waals surface area contributed by atoms with Gasteiger partial charge in [-0.25, -0.2) is 0 Å². The summed E-state index contributed by atoms with van der Waals surface area (Å²) in [4.78, 5) is 11.9. The third-order valence-corrected chi connectivity index (χ3v) is 5.21. The van der Waals surface area contributed by atoms with Gasteiger partial charge in [0.2, 0.25) is 0 Å². The lowest BCUT2D eigenvalue weighted by molar-refractivity contribution is -0.124. The molecule has 1 unspecified atom stereocenters. The standard InChI is InChI=1S/C9H10BrNO4S2/c10-8-2-1-6(16-8)5-17(13,14)15-7-3-4-11-9(7)12/h1-2,7H,3-5H2,(H,11,12). The number of carbonyl (C=O) groups excluding carboxylic acids is 1. The van der Waals surface area contributed by atoms with Crippen molar-refractivity contribution in [1.29, 1.82) is 0 Å². The maximum Gasteiger partial charge on any atom is 0.273 e. The third kappa shape index (κ3) is 3.51. The Labute approximate surface area is 111 Å². The van der Waals surface area contributed by atoms with Crippen LogP contribution in [0.3, 0.4) is 0 Å². The SMILES string of the molecule is O=C1NCCC1OS(=O)(=O)Cc1ccc(Br)s1. The smallest absolute Gasteiger partial charge is 0.273 e. The van der Waals surface area contributed by atoms with Crippen molar-refractivity contribution in [1.82, 2.24) is 5.32 Å². The Bertz CT molecular complexity index is 525. The highest BCUT2D eigenvalue weighted by Crippen LogP contribution is 2.24. The molecular formula is C9H10BrNO4S2. The zero-order valence-electron chi connectivity index (χ0n) is 8.68. The zero-order chi connectivity index (χ0) is 12.5. The van der Waals surface area contributed by atoms with E-state index < -0.39 is 16.2 Å². The molecule has 0 bridgehead atoms. The number of rotatable bonds is 4. The first-order chi connectivity index (χ1) is 7.96. The molecule has 8 heteroatoms. The number of thiophene rings is 1. The summed E-state index contributed by atoms with van der Waals surface area (Å²) in [5, 5.41) is 2.53. The van der Waals surface area contributed by atoms with E-state index in [1.165, 1.54) is 11.3 Å². The third-order valence-electron chi connectivity index (χ3n) is 2.21. The van der Waals surface area contributed by atoms with Gasteiger partial charge in [-0.2, -0.15) is 8.42 Å². The second kappa shape index (κ2) is 5.05. The lowest BCUT2D eigenvalue weighted by Crippen LogP contribution is -2.28. The van der Waals surface area contributed by atoms with Crippen LogP contribution in [0.25, 0.3) is 0 Å². The molecule has 1 aliphatic rings. The van der Waals surface area contributed by atoms with E-state index in [4.69, 9.17) is 4.18 Å². The summed E-state index contributed by atoms with van der Waals surface area (Å²) >= 11 is 4.59. The molecule has 1 N–H and O–H groups in total. The van der Waals surface area contributed by atoms with Gasteiger partial charge in [0.05, 0.1) is 3.79 Å². The quantitative estimate of drug-likeness (QED) is 0.838. The van der Waals surface area contributed by atoms with Gasteiger partial charge >= 0.3 is 0 Å². The number of carbonyl (C=O) groups is 1. The Morgan fingerprint density at radius 2 is 2.29 bits per heavy atom. The van der Waals surface area contributed by atoms with E-state index in [2.05, 4.69) is 21.2 Å². The molecule has 1 atom stereocenters. The molecule has 5 nitrogen and oxygen atoms in total. The Balaban J connectivity index is 2.01. The fourth-order valence-electron chi connectivity index (χ4n) is 1.48. The van der Waals surface area contributed by atoms with Crippen molar-refractivity contribution < 1.29 is 17.4 Å². The van der Waals surface area contributed by atoms with Crippen LogP contribution >= 0.6 is 27.3 Å². The van der Waals surface area contributed by atoms with Crippen molar-refractivity contribution >= 4 is 43.3 Å². The summed E-state index contributed by atoms with van der Waals surface area (Å²) in [5.74, 6) is -0.562. The highest BCUT2D eigenvalue weighted by molar-refractivity contribution is 9.11. The van der Waals surface area contributed by atoms with Gasteiger partial charge in [0.25, 0.3) is 16.0 Å². The lowest BCUT2D eigenvalue weighted by Gasteiger charge is -2.08. The Hall–Kier alpha value is -0.440. The molecule has 0 saturated carbocycles. The van der Waals surface area contributed by atoms with Gasteiger partial charge in [-0.05, 0) is 28.1 Å². The first kappa shape index (κ1) is 13.0. The number of hydrogen-bond donors (Lipinski definition) is 1. The Kier molecular flexibility index (Phi) is 3.86. The molecule has 0 radical (unpaired) electrons. The van der Waals surface area contributed by atoms with Crippen LogP contribution in [0, 0.1) is 0 Å². The van der Waals surface area contributed by atoms with E-state index >= 15 is 0 Å². The van der Waals surface area contributed by atoms with Crippen molar-refractivity contribution in [3.8, 4) is 0 Å².